The maximum atomic E-state index is 12.8. The molecular formula is C24H33N7O. The van der Waals surface area contributed by atoms with Crippen LogP contribution < -0.4 is 21.7 Å². The van der Waals surface area contributed by atoms with Gasteiger partial charge in [0.05, 0.1) is 5.39 Å². The summed E-state index contributed by atoms with van der Waals surface area (Å²) >= 11 is 0. The first-order chi connectivity index (χ1) is 15.1. The smallest absolute Gasteiger partial charge is 0.251 e. The fourth-order valence-corrected chi connectivity index (χ4v) is 3.67. The van der Waals surface area contributed by atoms with Crippen LogP contribution in [0.5, 0.6) is 0 Å². The molecule has 0 aliphatic carbocycles. The zero-order chi connectivity index (χ0) is 23.5. The number of hydrogen-bond acceptors (Lipinski definition) is 7. The summed E-state index contributed by atoms with van der Waals surface area (Å²) in [5.41, 5.74) is 14.7. The van der Waals surface area contributed by atoms with Crippen molar-refractivity contribution in [1.82, 2.24) is 20.3 Å². The maximum absolute atomic E-state index is 12.8. The second-order valence-corrected chi connectivity index (χ2v) is 9.27. The van der Waals surface area contributed by atoms with Crippen molar-refractivity contribution >= 4 is 34.4 Å². The number of fused-ring (bicyclic) bond motifs is 1. The Hall–Kier alpha value is -3.42. The Morgan fingerprint density at radius 1 is 1.16 bits per heavy atom. The van der Waals surface area contributed by atoms with Crippen molar-refractivity contribution in [2.75, 3.05) is 23.4 Å². The second kappa shape index (κ2) is 9.38. The normalized spacial score (nSPS) is 12.5. The van der Waals surface area contributed by atoms with E-state index in [9.17, 15) is 4.79 Å². The molecule has 0 fully saturated rings. The number of aromatic nitrogens is 3. The first kappa shape index (κ1) is 23.2. The zero-order valence-corrected chi connectivity index (χ0v) is 19.5. The van der Waals surface area contributed by atoms with Crippen LogP contribution in [-0.2, 0) is 6.54 Å². The van der Waals surface area contributed by atoms with E-state index in [0.29, 0.717) is 29.0 Å². The molecule has 170 valence electrons. The van der Waals surface area contributed by atoms with Gasteiger partial charge in [-0.3, -0.25) is 4.79 Å². The van der Waals surface area contributed by atoms with Crippen molar-refractivity contribution in [1.29, 1.82) is 0 Å². The predicted molar refractivity (Wildman–Crippen MR) is 130 cm³/mol. The van der Waals surface area contributed by atoms with Gasteiger partial charge in [-0.1, -0.05) is 34.1 Å². The number of rotatable bonds is 7. The predicted octanol–water partition coefficient (Wildman–Crippen LogP) is 3.77. The summed E-state index contributed by atoms with van der Waals surface area (Å²) < 4.78 is 0. The Labute approximate surface area is 189 Å². The van der Waals surface area contributed by atoms with Gasteiger partial charge in [0.1, 0.15) is 5.82 Å². The summed E-state index contributed by atoms with van der Waals surface area (Å²) in [6.07, 6.45) is 3.74. The maximum Gasteiger partial charge on any atom is 0.251 e. The van der Waals surface area contributed by atoms with Gasteiger partial charge in [-0.05, 0) is 47.7 Å². The number of benzene rings is 1. The second-order valence-electron chi connectivity index (χ2n) is 9.27. The molecule has 8 nitrogen and oxygen atoms in total. The molecule has 1 atom stereocenters. The summed E-state index contributed by atoms with van der Waals surface area (Å²) in [6.45, 7) is 9.21. The van der Waals surface area contributed by atoms with Gasteiger partial charge in [0.25, 0.3) is 5.91 Å². The van der Waals surface area contributed by atoms with Crippen molar-refractivity contribution in [2.24, 2.45) is 5.41 Å². The molecule has 1 unspecified atom stereocenters. The quantitative estimate of drug-likeness (QED) is 0.516. The minimum atomic E-state index is -0.0407. The van der Waals surface area contributed by atoms with E-state index < -0.39 is 0 Å². The Morgan fingerprint density at radius 2 is 1.84 bits per heavy atom. The van der Waals surface area contributed by atoms with Crippen LogP contribution in [-0.4, -0.2) is 33.9 Å². The van der Waals surface area contributed by atoms with Crippen molar-refractivity contribution in [2.45, 2.75) is 53.1 Å². The molecule has 2 aromatic heterocycles. The van der Waals surface area contributed by atoms with Crippen LogP contribution in [0.4, 0.5) is 17.5 Å². The third kappa shape index (κ3) is 5.43. The van der Waals surface area contributed by atoms with Crippen LogP contribution in [0.1, 0.15) is 56.5 Å². The largest absolute Gasteiger partial charge is 0.383 e. The van der Waals surface area contributed by atoms with Gasteiger partial charge in [-0.15, -0.1) is 0 Å². The van der Waals surface area contributed by atoms with E-state index >= 15 is 0 Å². The summed E-state index contributed by atoms with van der Waals surface area (Å²) in [7, 11) is 1.99. The van der Waals surface area contributed by atoms with E-state index in [1.54, 1.807) is 6.20 Å². The average molecular weight is 436 g/mol. The van der Waals surface area contributed by atoms with Crippen LogP contribution in [0.15, 0.2) is 36.5 Å². The van der Waals surface area contributed by atoms with Crippen molar-refractivity contribution in [3.63, 3.8) is 0 Å². The molecule has 1 amide bonds. The van der Waals surface area contributed by atoms with Crippen LogP contribution in [0.3, 0.4) is 0 Å². The third-order valence-electron chi connectivity index (χ3n) is 5.57. The molecule has 0 saturated heterocycles. The molecule has 0 bridgehead atoms. The Bertz CT molecular complexity index is 1090. The monoisotopic (exact) mass is 435 g/mol. The Kier molecular flexibility index (Phi) is 6.81. The Morgan fingerprint density at radius 3 is 2.47 bits per heavy atom. The van der Waals surface area contributed by atoms with Crippen LogP contribution >= 0.6 is 0 Å². The minimum Gasteiger partial charge on any atom is -0.383 e. The van der Waals surface area contributed by atoms with Gasteiger partial charge >= 0.3 is 0 Å². The number of carbonyl (C=O) groups excluding carboxylic acids is 1. The summed E-state index contributed by atoms with van der Waals surface area (Å²) in [5.74, 6) is 0.387. The van der Waals surface area contributed by atoms with E-state index in [2.05, 4.69) is 52.9 Å². The molecule has 0 radical (unpaired) electrons. The summed E-state index contributed by atoms with van der Waals surface area (Å²) in [6, 6.07) is 9.69. The van der Waals surface area contributed by atoms with Gasteiger partial charge in [0, 0.05) is 37.1 Å². The average Bonchev–Trinajstić information content (AvgIpc) is 2.73. The fraction of sp³-hybridized carbons (Fsp3) is 0.417. The highest BCUT2D eigenvalue weighted by Gasteiger charge is 2.25. The summed E-state index contributed by atoms with van der Waals surface area (Å²) in [5, 5.41) is 3.87. The molecule has 0 aliphatic rings. The number of nitrogens with two attached hydrogens (primary N) is 2. The fourth-order valence-electron chi connectivity index (χ4n) is 3.67. The summed E-state index contributed by atoms with van der Waals surface area (Å²) in [4.78, 5) is 27.3. The number of nitrogen functional groups attached to an aromatic ring is 2. The molecule has 2 heterocycles. The number of amides is 1. The molecule has 3 rings (SSSR count). The number of nitrogens with zero attached hydrogens (tertiary/aromatic N) is 4. The van der Waals surface area contributed by atoms with Gasteiger partial charge in [-0.25, -0.2) is 4.98 Å². The molecule has 0 spiro atoms. The number of anilines is 3. The van der Waals surface area contributed by atoms with Crippen molar-refractivity contribution in [3.05, 3.63) is 47.7 Å². The SMILES string of the molecule is CCCC(NC(=O)c1ccc(N(C)Cc2cnc3nc(N)nc(N)c3c2)cc1)C(C)(C)C. The van der Waals surface area contributed by atoms with E-state index in [4.69, 9.17) is 11.5 Å². The van der Waals surface area contributed by atoms with E-state index in [1.165, 1.54) is 0 Å². The lowest BCUT2D eigenvalue weighted by Crippen LogP contribution is -2.43. The van der Waals surface area contributed by atoms with Crippen molar-refractivity contribution < 1.29 is 4.79 Å². The molecular weight excluding hydrogens is 402 g/mol. The number of pyridine rings is 1. The number of nitrogens with one attached hydrogen (secondary N) is 1. The Balaban J connectivity index is 1.70. The zero-order valence-electron chi connectivity index (χ0n) is 19.5. The van der Waals surface area contributed by atoms with Crippen LogP contribution in [0.2, 0.25) is 0 Å². The lowest BCUT2D eigenvalue weighted by atomic mass is 9.84. The molecule has 1 aromatic carbocycles. The standard InChI is InChI=1S/C24H33N7O/c1-6-7-19(24(2,3)4)28-22(32)16-8-10-17(11-9-16)31(5)14-15-12-18-20(25)29-23(26)30-21(18)27-13-15/h8-13,19H,6-7,14H2,1-5H3,(H,28,32)(H4,25,26,27,29,30). The van der Waals surface area contributed by atoms with Gasteiger partial charge in [-0.2, -0.15) is 9.97 Å². The number of carbonyl (C=O) groups is 1. The number of hydrogen-bond donors (Lipinski definition) is 3. The van der Waals surface area contributed by atoms with E-state index in [1.807, 2.05) is 37.4 Å². The first-order valence-corrected chi connectivity index (χ1v) is 10.9. The molecule has 0 aliphatic heterocycles. The molecule has 5 N–H and O–H groups in total. The lowest BCUT2D eigenvalue weighted by Gasteiger charge is -2.31. The molecule has 3 aromatic rings. The van der Waals surface area contributed by atoms with Gasteiger partial charge in [0.15, 0.2) is 5.65 Å². The van der Waals surface area contributed by atoms with Crippen LogP contribution in [0, 0.1) is 5.41 Å². The van der Waals surface area contributed by atoms with Gasteiger partial charge in [0.2, 0.25) is 5.95 Å². The topological polar surface area (TPSA) is 123 Å². The molecule has 0 saturated carbocycles. The highest BCUT2D eigenvalue weighted by atomic mass is 16.1. The first-order valence-electron chi connectivity index (χ1n) is 10.9. The third-order valence-corrected chi connectivity index (χ3v) is 5.57. The molecule has 8 heteroatoms. The molecule has 32 heavy (non-hydrogen) atoms. The highest BCUT2D eigenvalue weighted by molar-refractivity contribution is 5.94. The minimum absolute atomic E-state index is 0.0138. The van der Waals surface area contributed by atoms with E-state index in [-0.39, 0.29) is 23.3 Å². The van der Waals surface area contributed by atoms with Crippen LogP contribution in [0.25, 0.3) is 11.0 Å². The highest BCUT2D eigenvalue weighted by Crippen LogP contribution is 2.24. The van der Waals surface area contributed by atoms with E-state index in [0.717, 1.165) is 24.1 Å². The lowest BCUT2D eigenvalue weighted by molar-refractivity contribution is 0.0897. The van der Waals surface area contributed by atoms with Crippen molar-refractivity contribution in [3.8, 4) is 0 Å². The van der Waals surface area contributed by atoms with Gasteiger partial charge < -0.3 is 21.7 Å².